The molecule has 0 radical (unpaired) electrons. The Kier molecular flexibility index (Phi) is 5.04. The molecular weight excluding hydrogens is 448 g/mol. The number of hydrogen-bond donors (Lipinski definition) is 1. The number of hydrogen-bond acceptors (Lipinski definition) is 6. The fourth-order valence-electron chi connectivity index (χ4n) is 5.23. The molecule has 7 nitrogen and oxygen atoms in total. The molecule has 172 valence electrons. The molecule has 10 heteroatoms. The third kappa shape index (κ3) is 3.48. The van der Waals surface area contributed by atoms with E-state index in [-0.39, 0.29) is 11.8 Å². The Bertz CT molecular complexity index is 1230. The zero-order valence-corrected chi connectivity index (χ0v) is 18.9. The maximum atomic E-state index is 14.1. The first kappa shape index (κ1) is 20.9. The van der Waals surface area contributed by atoms with Gasteiger partial charge in [-0.1, -0.05) is 0 Å². The quantitative estimate of drug-likeness (QED) is 0.622. The Morgan fingerprint density at radius 2 is 1.91 bits per heavy atom. The molecule has 1 aromatic carbocycles. The highest BCUT2D eigenvalue weighted by molar-refractivity contribution is 7.15. The van der Waals surface area contributed by atoms with Gasteiger partial charge in [0.2, 0.25) is 5.91 Å². The van der Waals surface area contributed by atoms with Crippen molar-refractivity contribution in [1.82, 2.24) is 25.0 Å². The molecule has 2 atom stereocenters. The summed E-state index contributed by atoms with van der Waals surface area (Å²) in [6, 6.07) is 3.22. The number of aromatic nitrogens is 3. The number of nitrogens with zero attached hydrogens (tertiary/aromatic N) is 4. The van der Waals surface area contributed by atoms with Gasteiger partial charge < -0.3 is 9.64 Å². The van der Waals surface area contributed by atoms with E-state index in [9.17, 15) is 13.6 Å². The summed E-state index contributed by atoms with van der Waals surface area (Å²) in [5.41, 5.74) is 2.59. The van der Waals surface area contributed by atoms with Crippen LogP contribution in [0.2, 0.25) is 0 Å². The standard InChI is InChI=1S/C23H23F2N5O2S/c1-12-27-28-19-11-26-21(13-6-15(24)10-16(25)7-13)20-17-8-14(9-18(17)33-23(20)30(12)19)22(31)29-2-4-32-5-3-29/h6-7,10,14,21,26H,2-5,8-9,11H2,1H3. The number of amides is 1. The molecule has 0 saturated carbocycles. The van der Waals surface area contributed by atoms with Crippen LogP contribution in [0, 0.1) is 24.5 Å². The molecular formula is C23H23F2N5O2S. The van der Waals surface area contributed by atoms with Crippen LogP contribution in [0.4, 0.5) is 8.78 Å². The summed E-state index contributed by atoms with van der Waals surface area (Å²) in [7, 11) is 0. The topological polar surface area (TPSA) is 72.3 Å². The van der Waals surface area contributed by atoms with Gasteiger partial charge in [-0.15, -0.1) is 21.5 Å². The number of fused-ring (bicyclic) bond motifs is 5. The van der Waals surface area contributed by atoms with E-state index < -0.39 is 17.7 Å². The summed E-state index contributed by atoms with van der Waals surface area (Å²) in [4.78, 5) is 16.2. The van der Waals surface area contributed by atoms with Crippen molar-refractivity contribution in [3.05, 3.63) is 63.0 Å². The number of halogens is 2. The molecule has 6 rings (SSSR count). The van der Waals surface area contributed by atoms with E-state index in [1.807, 2.05) is 16.4 Å². The summed E-state index contributed by atoms with van der Waals surface area (Å²) >= 11 is 1.63. The third-order valence-electron chi connectivity index (χ3n) is 6.73. The summed E-state index contributed by atoms with van der Waals surface area (Å²) in [6.45, 7) is 4.70. The van der Waals surface area contributed by atoms with Crippen molar-refractivity contribution in [2.75, 3.05) is 26.3 Å². The van der Waals surface area contributed by atoms with E-state index in [1.165, 1.54) is 12.1 Å². The molecule has 3 aliphatic rings. The lowest BCUT2D eigenvalue weighted by Gasteiger charge is -2.29. The van der Waals surface area contributed by atoms with Crippen LogP contribution in [-0.2, 0) is 28.9 Å². The number of ether oxygens (including phenoxy) is 1. The van der Waals surface area contributed by atoms with Gasteiger partial charge in [0.15, 0.2) is 5.82 Å². The van der Waals surface area contributed by atoms with Crippen LogP contribution in [0.5, 0.6) is 0 Å². The van der Waals surface area contributed by atoms with Crippen molar-refractivity contribution in [3.8, 4) is 5.00 Å². The number of rotatable bonds is 2. The molecule has 4 heterocycles. The highest BCUT2D eigenvalue weighted by Gasteiger charge is 2.39. The maximum Gasteiger partial charge on any atom is 0.226 e. The number of benzene rings is 1. The van der Waals surface area contributed by atoms with Crippen molar-refractivity contribution in [2.45, 2.75) is 32.4 Å². The first-order valence-electron chi connectivity index (χ1n) is 11.1. The van der Waals surface area contributed by atoms with Crippen LogP contribution < -0.4 is 5.32 Å². The number of nitrogens with one attached hydrogen (secondary N) is 1. The first-order valence-corrected chi connectivity index (χ1v) is 11.9. The van der Waals surface area contributed by atoms with Gasteiger partial charge in [-0.3, -0.25) is 14.7 Å². The molecule has 3 aromatic rings. The third-order valence-corrected chi connectivity index (χ3v) is 7.99. The van der Waals surface area contributed by atoms with Gasteiger partial charge in [0, 0.05) is 35.5 Å². The molecule has 0 bridgehead atoms. The second-order valence-corrected chi connectivity index (χ2v) is 9.86. The van der Waals surface area contributed by atoms with Crippen molar-refractivity contribution >= 4 is 17.2 Å². The number of morpholine rings is 1. The van der Waals surface area contributed by atoms with E-state index in [4.69, 9.17) is 4.74 Å². The normalized spacial score (nSPS) is 22.0. The van der Waals surface area contributed by atoms with E-state index in [1.54, 1.807) is 11.3 Å². The van der Waals surface area contributed by atoms with Gasteiger partial charge in [0.1, 0.15) is 22.5 Å². The van der Waals surface area contributed by atoms with Crippen LogP contribution in [-0.4, -0.2) is 51.9 Å². The Morgan fingerprint density at radius 3 is 2.67 bits per heavy atom. The van der Waals surface area contributed by atoms with Gasteiger partial charge in [-0.25, -0.2) is 8.78 Å². The molecule has 2 aliphatic heterocycles. The molecule has 1 aliphatic carbocycles. The Hall–Kier alpha value is -2.69. The molecule has 2 unspecified atom stereocenters. The minimum atomic E-state index is -0.611. The predicted molar refractivity (Wildman–Crippen MR) is 117 cm³/mol. The SMILES string of the molecule is Cc1nnc2n1-c1sc3c(c1C(c1cc(F)cc(F)c1)NC2)CC(C(=O)N1CCOCC1)C3. The Morgan fingerprint density at radius 1 is 1.15 bits per heavy atom. The number of thiophene rings is 1. The second kappa shape index (κ2) is 7.96. The highest BCUT2D eigenvalue weighted by atomic mass is 32.1. The lowest BCUT2D eigenvalue weighted by molar-refractivity contribution is -0.139. The fraction of sp³-hybridized carbons (Fsp3) is 0.435. The predicted octanol–water partition coefficient (Wildman–Crippen LogP) is 2.68. The smallest absolute Gasteiger partial charge is 0.226 e. The Labute approximate surface area is 193 Å². The van der Waals surface area contributed by atoms with E-state index in [0.717, 1.165) is 38.7 Å². The van der Waals surface area contributed by atoms with Crippen LogP contribution in [0.15, 0.2) is 18.2 Å². The van der Waals surface area contributed by atoms with E-state index in [0.29, 0.717) is 51.3 Å². The van der Waals surface area contributed by atoms with E-state index >= 15 is 0 Å². The molecule has 33 heavy (non-hydrogen) atoms. The van der Waals surface area contributed by atoms with Crippen LogP contribution in [0.25, 0.3) is 5.00 Å². The van der Waals surface area contributed by atoms with Gasteiger partial charge >= 0.3 is 0 Å². The molecule has 1 N–H and O–H groups in total. The zero-order chi connectivity index (χ0) is 22.7. The van der Waals surface area contributed by atoms with Crippen molar-refractivity contribution in [1.29, 1.82) is 0 Å². The monoisotopic (exact) mass is 471 g/mol. The Balaban J connectivity index is 1.43. The minimum absolute atomic E-state index is 0.121. The fourth-order valence-corrected chi connectivity index (χ4v) is 6.74. The molecule has 0 spiro atoms. The molecule has 2 aromatic heterocycles. The highest BCUT2D eigenvalue weighted by Crippen LogP contribution is 2.46. The summed E-state index contributed by atoms with van der Waals surface area (Å²) in [6.07, 6.45) is 1.29. The van der Waals surface area contributed by atoms with E-state index in [2.05, 4.69) is 15.5 Å². The first-order chi connectivity index (χ1) is 16.0. The molecule has 1 saturated heterocycles. The summed E-state index contributed by atoms with van der Waals surface area (Å²) in [5, 5.41) is 12.9. The average Bonchev–Trinajstić information content (AvgIpc) is 3.43. The van der Waals surface area contributed by atoms with Crippen molar-refractivity contribution in [3.63, 3.8) is 0 Å². The van der Waals surface area contributed by atoms with Crippen molar-refractivity contribution < 1.29 is 18.3 Å². The van der Waals surface area contributed by atoms with Crippen LogP contribution in [0.3, 0.4) is 0 Å². The van der Waals surface area contributed by atoms with Gasteiger partial charge in [-0.2, -0.15) is 0 Å². The lowest BCUT2D eigenvalue weighted by Crippen LogP contribution is -2.44. The average molecular weight is 472 g/mol. The number of aryl methyl sites for hydroxylation is 1. The van der Waals surface area contributed by atoms with Crippen molar-refractivity contribution in [2.24, 2.45) is 5.92 Å². The molecule has 1 amide bonds. The largest absolute Gasteiger partial charge is 0.378 e. The zero-order valence-electron chi connectivity index (χ0n) is 18.1. The maximum absolute atomic E-state index is 14.1. The van der Waals surface area contributed by atoms with Gasteiger partial charge in [0.25, 0.3) is 0 Å². The van der Waals surface area contributed by atoms with Crippen LogP contribution >= 0.6 is 11.3 Å². The summed E-state index contributed by atoms with van der Waals surface area (Å²) in [5.74, 6) is 0.339. The van der Waals surface area contributed by atoms with Gasteiger partial charge in [0.05, 0.1) is 25.8 Å². The van der Waals surface area contributed by atoms with Crippen LogP contribution in [0.1, 0.15) is 39.3 Å². The lowest BCUT2D eigenvalue weighted by atomic mass is 9.94. The number of carbonyl (C=O) groups is 1. The second-order valence-electron chi connectivity index (χ2n) is 8.78. The minimum Gasteiger partial charge on any atom is -0.378 e. The summed E-state index contributed by atoms with van der Waals surface area (Å²) < 4.78 is 35.7. The number of carbonyl (C=O) groups excluding carboxylic acids is 1. The molecule has 1 fully saturated rings. The van der Waals surface area contributed by atoms with Gasteiger partial charge in [-0.05, 0) is 43.0 Å².